The van der Waals surface area contributed by atoms with Crippen molar-refractivity contribution in [2.45, 2.75) is 44.2 Å². The molecule has 2 aliphatic carbocycles. The van der Waals surface area contributed by atoms with E-state index in [4.69, 9.17) is 5.11 Å². The summed E-state index contributed by atoms with van der Waals surface area (Å²) in [6, 6.07) is 0.220. The number of carbonyl (C=O) groups excluding carboxylic acids is 1. The van der Waals surface area contributed by atoms with Crippen molar-refractivity contribution in [2.75, 3.05) is 20.1 Å². The van der Waals surface area contributed by atoms with E-state index >= 15 is 0 Å². The SMILES string of the molecule is CN(CCNC(=O)NC1CCCC1C(=O)O)C1CC1. The first kappa shape index (κ1) is 14.1. The van der Waals surface area contributed by atoms with E-state index < -0.39 is 11.9 Å². The summed E-state index contributed by atoms with van der Waals surface area (Å²) in [6.45, 7) is 1.44. The lowest BCUT2D eigenvalue weighted by Crippen LogP contribution is -2.46. The van der Waals surface area contributed by atoms with Crippen molar-refractivity contribution in [3.05, 3.63) is 0 Å². The van der Waals surface area contributed by atoms with Gasteiger partial charge in [0.1, 0.15) is 0 Å². The standard InChI is InChI=1S/C13H23N3O3/c1-16(9-5-6-9)8-7-14-13(19)15-11-4-2-3-10(11)12(17)18/h9-11H,2-8H2,1H3,(H,17,18)(H2,14,15,19). The topological polar surface area (TPSA) is 81.7 Å². The zero-order chi connectivity index (χ0) is 13.8. The molecule has 0 radical (unpaired) electrons. The molecule has 0 saturated heterocycles. The van der Waals surface area contributed by atoms with Crippen molar-refractivity contribution in [3.8, 4) is 0 Å². The molecular formula is C13H23N3O3. The highest BCUT2D eigenvalue weighted by atomic mass is 16.4. The zero-order valence-corrected chi connectivity index (χ0v) is 11.4. The second-order valence-electron chi connectivity index (χ2n) is 5.59. The molecule has 0 heterocycles. The van der Waals surface area contributed by atoms with Crippen LogP contribution < -0.4 is 10.6 Å². The third kappa shape index (κ3) is 4.09. The molecular weight excluding hydrogens is 246 g/mol. The maximum absolute atomic E-state index is 11.7. The molecule has 108 valence electrons. The van der Waals surface area contributed by atoms with Gasteiger partial charge in [0.25, 0.3) is 0 Å². The van der Waals surface area contributed by atoms with Gasteiger partial charge in [0, 0.05) is 25.2 Å². The molecule has 0 aromatic carbocycles. The Morgan fingerprint density at radius 3 is 2.63 bits per heavy atom. The Morgan fingerprint density at radius 1 is 1.26 bits per heavy atom. The number of likely N-dealkylation sites (N-methyl/N-ethyl adjacent to an activating group) is 1. The summed E-state index contributed by atoms with van der Waals surface area (Å²) < 4.78 is 0. The van der Waals surface area contributed by atoms with Crippen LogP contribution in [0.4, 0.5) is 4.79 Å². The molecule has 2 rings (SSSR count). The number of aliphatic carboxylic acids is 1. The predicted molar refractivity (Wildman–Crippen MR) is 71.0 cm³/mol. The van der Waals surface area contributed by atoms with Crippen LogP contribution >= 0.6 is 0 Å². The van der Waals surface area contributed by atoms with Gasteiger partial charge in [-0.3, -0.25) is 4.79 Å². The Morgan fingerprint density at radius 2 is 2.00 bits per heavy atom. The van der Waals surface area contributed by atoms with E-state index in [1.54, 1.807) is 0 Å². The summed E-state index contributed by atoms with van der Waals surface area (Å²) in [7, 11) is 2.06. The molecule has 6 nitrogen and oxygen atoms in total. The fraction of sp³-hybridized carbons (Fsp3) is 0.846. The maximum atomic E-state index is 11.7. The van der Waals surface area contributed by atoms with Crippen LogP contribution in [0.2, 0.25) is 0 Å². The van der Waals surface area contributed by atoms with E-state index in [-0.39, 0.29) is 12.1 Å². The number of rotatable bonds is 6. The normalized spacial score (nSPS) is 26.4. The second-order valence-corrected chi connectivity index (χ2v) is 5.59. The molecule has 0 aliphatic heterocycles. The number of nitrogens with one attached hydrogen (secondary N) is 2. The summed E-state index contributed by atoms with van der Waals surface area (Å²) in [4.78, 5) is 24.9. The minimum absolute atomic E-state index is 0.223. The van der Waals surface area contributed by atoms with Gasteiger partial charge in [-0.05, 0) is 32.7 Å². The van der Waals surface area contributed by atoms with Crippen molar-refractivity contribution in [1.82, 2.24) is 15.5 Å². The highest BCUT2D eigenvalue weighted by Crippen LogP contribution is 2.26. The average molecular weight is 269 g/mol. The third-order valence-electron chi connectivity index (χ3n) is 4.07. The number of amides is 2. The van der Waals surface area contributed by atoms with Gasteiger partial charge in [0.2, 0.25) is 0 Å². The lowest BCUT2D eigenvalue weighted by atomic mass is 10.0. The van der Waals surface area contributed by atoms with E-state index in [2.05, 4.69) is 22.6 Å². The minimum atomic E-state index is -0.809. The van der Waals surface area contributed by atoms with Crippen LogP contribution in [0.25, 0.3) is 0 Å². The minimum Gasteiger partial charge on any atom is -0.481 e. The number of carboxylic acids is 1. The van der Waals surface area contributed by atoms with Gasteiger partial charge in [0.05, 0.1) is 5.92 Å². The van der Waals surface area contributed by atoms with Crippen molar-refractivity contribution >= 4 is 12.0 Å². The van der Waals surface area contributed by atoms with Gasteiger partial charge in [-0.1, -0.05) is 6.42 Å². The fourth-order valence-electron chi connectivity index (χ4n) is 2.69. The Labute approximate surface area is 113 Å². The van der Waals surface area contributed by atoms with E-state index in [9.17, 15) is 9.59 Å². The molecule has 2 atom stereocenters. The largest absolute Gasteiger partial charge is 0.481 e. The molecule has 2 amide bonds. The van der Waals surface area contributed by atoms with E-state index in [1.165, 1.54) is 12.8 Å². The van der Waals surface area contributed by atoms with Crippen LogP contribution in [0.15, 0.2) is 0 Å². The van der Waals surface area contributed by atoms with Crippen molar-refractivity contribution in [2.24, 2.45) is 5.92 Å². The number of hydrogen-bond donors (Lipinski definition) is 3. The lowest BCUT2D eigenvalue weighted by Gasteiger charge is -2.19. The average Bonchev–Trinajstić information content (AvgIpc) is 3.10. The monoisotopic (exact) mass is 269 g/mol. The van der Waals surface area contributed by atoms with Gasteiger partial charge in [-0.15, -0.1) is 0 Å². The van der Waals surface area contributed by atoms with Crippen LogP contribution in [0.3, 0.4) is 0 Å². The lowest BCUT2D eigenvalue weighted by molar-refractivity contribution is -0.142. The zero-order valence-electron chi connectivity index (χ0n) is 11.4. The van der Waals surface area contributed by atoms with Crippen molar-refractivity contribution in [3.63, 3.8) is 0 Å². The number of nitrogens with zero attached hydrogens (tertiary/aromatic N) is 1. The highest BCUT2D eigenvalue weighted by Gasteiger charge is 2.33. The molecule has 0 aromatic rings. The molecule has 2 fully saturated rings. The summed E-state index contributed by atoms with van der Waals surface area (Å²) in [5, 5.41) is 14.6. The second kappa shape index (κ2) is 6.23. The van der Waals surface area contributed by atoms with Crippen LogP contribution in [0.5, 0.6) is 0 Å². The fourth-order valence-corrected chi connectivity index (χ4v) is 2.69. The Kier molecular flexibility index (Phi) is 4.63. The summed E-state index contributed by atoms with van der Waals surface area (Å²) >= 11 is 0. The van der Waals surface area contributed by atoms with Gasteiger partial charge in [0.15, 0.2) is 0 Å². The van der Waals surface area contributed by atoms with Crippen molar-refractivity contribution < 1.29 is 14.7 Å². The van der Waals surface area contributed by atoms with Crippen molar-refractivity contribution in [1.29, 1.82) is 0 Å². The number of urea groups is 1. The van der Waals surface area contributed by atoms with Gasteiger partial charge < -0.3 is 20.6 Å². The summed E-state index contributed by atoms with van der Waals surface area (Å²) in [5.74, 6) is -1.24. The predicted octanol–water partition coefficient (Wildman–Crippen LogP) is 0.633. The molecule has 0 aromatic heterocycles. The van der Waals surface area contributed by atoms with Crippen LogP contribution in [0.1, 0.15) is 32.1 Å². The first-order chi connectivity index (χ1) is 9.08. The maximum Gasteiger partial charge on any atom is 0.315 e. The van der Waals surface area contributed by atoms with Crippen LogP contribution in [-0.4, -0.2) is 54.2 Å². The molecule has 0 spiro atoms. The first-order valence-electron chi connectivity index (χ1n) is 7.05. The number of hydrogen-bond acceptors (Lipinski definition) is 3. The third-order valence-corrected chi connectivity index (χ3v) is 4.07. The Hall–Kier alpha value is -1.30. The van der Waals surface area contributed by atoms with E-state index in [0.29, 0.717) is 19.0 Å². The van der Waals surface area contributed by atoms with E-state index in [0.717, 1.165) is 19.4 Å². The van der Waals surface area contributed by atoms with Gasteiger partial charge in [-0.25, -0.2) is 4.79 Å². The first-order valence-corrected chi connectivity index (χ1v) is 7.05. The molecule has 2 aliphatic rings. The quantitative estimate of drug-likeness (QED) is 0.660. The molecule has 0 bridgehead atoms. The Bertz CT molecular complexity index is 344. The Balaban J connectivity index is 1.64. The smallest absolute Gasteiger partial charge is 0.315 e. The van der Waals surface area contributed by atoms with Gasteiger partial charge >= 0.3 is 12.0 Å². The number of carbonyl (C=O) groups is 2. The van der Waals surface area contributed by atoms with Gasteiger partial charge in [-0.2, -0.15) is 0 Å². The molecule has 6 heteroatoms. The molecule has 3 N–H and O–H groups in total. The van der Waals surface area contributed by atoms with E-state index in [1.807, 2.05) is 0 Å². The molecule has 2 unspecified atom stereocenters. The summed E-state index contributed by atoms with van der Waals surface area (Å²) in [5.41, 5.74) is 0. The molecule has 19 heavy (non-hydrogen) atoms. The highest BCUT2D eigenvalue weighted by molar-refractivity contribution is 5.77. The number of carboxylic acid groups (broad SMARTS) is 1. The van der Waals surface area contributed by atoms with Crippen LogP contribution in [0, 0.1) is 5.92 Å². The summed E-state index contributed by atoms with van der Waals surface area (Å²) in [6.07, 6.45) is 4.79. The molecule has 2 saturated carbocycles. The van der Waals surface area contributed by atoms with Crippen LogP contribution in [-0.2, 0) is 4.79 Å².